The van der Waals surface area contributed by atoms with Crippen molar-refractivity contribution in [3.63, 3.8) is 0 Å². The Morgan fingerprint density at radius 2 is 1.95 bits per heavy atom. The summed E-state index contributed by atoms with van der Waals surface area (Å²) in [6.07, 6.45) is 4.00. The molecule has 0 saturated heterocycles. The van der Waals surface area contributed by atoms with Crippen molar-refractivity contribution in [3.05, 3.63) is 54.2 Å². The SMILES string of the molecule is CCOc1ccc(NC(C)CCc2ccccc2)cn1. The summed E-state index contributed by atoms with van der Waals surface area (Å²) in [7, 11) is 0. The lowest BCUT2D eigenvalue weighted by Gasteiger charge is -2.15. The Bertz CT molecular complexity index is 496. The van der Waals surface area contributed by atoms with Crippen LogP contribution in [0.15, 0.2) is 48.7 Å². The van der Waals surface area contributed by atoms with Gasteiger partial charge in [-0.05, 0) is 38.3 Å². The maximum atomic E-state index is 5.33. The Kier molecular flexibility index (Phi) is 5.42. The molecule has 1 unspecified atom stereocenters. The first-order valence-electron chi connectivity index (χ1n) is 7.17. The van der Waals surface area contributed by atoms with Gasteiger partial charge in [-0.1, -0.05) is 30.3 Å². The molecule has 1 aromatic carbocycles. The first-order valence-corrected chi connectivity index (χ1v) is 7.17. The molecular formula is C17H22N2O. The highest BCUT2D eigenvalue weighted by Crippen LogP contribution is 2.14. The fraction of sp³-hybridized carbons (Fsp3) is 0.353. The summed E-state index contributed by atoms with van der Waals surface area (Å²) in [5, 5.41) is 3.46. The monoisotopic (exact) mass is 270 g/mol. The third-order valence-corrected chi connectivity index (χ3v) is 3.15. The quantitative estimate of drug-likeness (QED) is 0.828. The van der Waals surface area contributed by atoms with Crippen LogP contribution < -0.4 is 10.1 Å². The van der Waals surface area contributed by atoms with E-state index in [1.807, 2.05) is 25.3 Å². The average Bonchev–Trinajstić information content (AvgIpc) is 2.49. The zero-order valence-electron chi connectivity index (χ0n) is 12.2. The van der Waals surface area contributed by atoms with Gasteiger partial charge < -0.3 is 10.1 Å². The topological polar surface area (TPSA) is 34.1 Å². The van der Waals surface area contributed by atoms with E-state index in [2.05, 4.69) is 47.6 Å². The second kappa shape index (κ2) is 7.53. The van der Waals surface area contributed by atoms with E-state index in [0.717, 1.165) is 18.5 Å². The highest BCUT2D eigenvalue weighted by molar-refractivity contribution is 5.42. The Balaban J connectivity index is 1.80. The Labute approximate surface area is 121 Å². The van der Waals surface area contributed by atoms with Crippen LogP contribution in [0.2, 0.25) is 0 Å². The molecule has 3 nitrogen and oxygen atoms in total. The van der Waals surface area contributed by atoms with Crippen LogP contribution in [0.3, 0.4) is 0 Å². The van der Waals surface area contributed by atoms with Crippen molar-refractivity contribution in [2.75, 3.05) is 11.9 Å². The number of nitrogens with zero attached hydrogens (tertiary/aromatic N) is 1. The largest absolute Gasteiger partial charge is 0.478 e. The molecule has 2 aromatic rings. The maximum absolute atomic E-state index is 5.33. The molecule has 20 heavy (non-hydrogen) atoms. The molecule has 1 N–H and O–H groups in total. The lowest BCUT2D eigenvalue weighted by Crippen LogP contribution is -2.16. The number of pyridine rings is 1. The van der Waals surface area contributed by atoms with E-state index in [1.165, 1.54) is 5.56 Å². The first-order chi connectivity index (χ1) is 9.78. The summed E-state index contributed by atoms with van der Waals surface area (Å²) in [5.74, 6) is 0.676. The number of aryl methyl sites for hydroxylation is 1. The lowest BCUT2D eigenvalue weighted by molar-refractivity contribution is 0.327. The summed E-state index contributed by atoms with van der Waals surface area (Å²) in [6, 6.07) is 14.9. The number of aromatic nitrogens is 1. The minimum absolute atomic E-state index is 0.412. The van der Waals surface area contributed by atoms with Crippen LogP contribution in [-0.2, 0) is 6.42 Å². The molecule has 0 aliphatic heterocycles. The second-order valence-corrected chi connectivity index (χ2v) is 4.89. The van der Waals surface area contributed by atoms with Crippen LogP contribution in [0.1, 0.15) is 25.8 Å². The number of anilines is 1. The van der Waals surface area contributed by atoms with Crippen molar-refractivity contribution in [1.29, 1.82) is 0 Å². The molecule has 0 radical (unpaired) electrons. The van der Waals surface area contributed by atoms with Crippen molar-refractivity contribution < 1.29 is 4.74 Å². The number of nitrogens with one attached hydrogen (secondary N) is 1. The summed E-state index contributed by atoms with van der Waals surface area (Å²) < 4.78 is 5.33. The van der Waals surface area contributed by atoms with Crippen molar-refractivity contribution >= 4 is 5.69 Å². The van der Waals surface area contributed by atoms with Crippen molar-refractivity contribution in [2.45, 2.75) is 32.7 Å². The van der Waals surface area contributed by atoms with Gasteiger partial charge in [-0.2, -0.15) is 0 Å². The number of benzene rings is 1. The standard InChI is InChI=1S/C17H22N2O/c1-3-20-17-12-11-16(13-18-17)19-14(2)9-10-15-7-5-4-6-8-15/h4-8,11-14,19H,3,9-10H2,1-2H3. The number of hydrogen-bond acceptors (Lipinski definition) is 3. The molecule has 2 rings (SSSR count). The van der Waals surface area contributed by atoms with Crippen molar-refractivity contribution in [2.24, 2.45) is 0 Å². The Hall–Kier alpha value is -2.03. The van der Waals surface area contributed by atoms with Gasteiger partial charge in [0.2, 0.25) is 5.88 Å². The third kappa shape index (κ3) is 4.57. The molecule has 1 aromatic heterocycles. The van der Waals surface area contributed by atoms with E-state index in [0.29, 0.717) is 18.5 Å². The van der Waals surface area contributed by atoms with Crippen molar-refractivity contribution in [3.8, 4) is 5.88 Å². The molecule has 0 aliphatic carbocycles. The predicted octanol–water partition coefficient (Wildman–Crippen LogP) is 3.91. The molecule has 0 spiro atoms. The molecule has 0 bridgehead atoms. The van der Waals surface area contributed by atoms with E-state index < -0.39 is 0 Å². The smallest absolute Gasteiger partial charge is 0.213 e. The van der Waals surface area contributed by atoms with E-state index >= 15 is 0 Å². The molecule has 3 heteroatoms. The Morgan fingerprint density at radius 3 is 2.60 bits per heavy atom. The number of ether oxygens (including phenoxy) is 1. The van der Waals surface area contributed by atoms with Crippen LogP contribution >= 0.6 is 0 Å². The minimum atomic E-state index is 0.412. The predicted molar refractivity (Wildman–Crippen MR) is 83.3 cm³/mol. The molecule has 1 heterocycles. The highest BCUT2D eigenvalue weighted by Gasteiger charge is 2.03. The normalized spacial score (nSPS) is 11.9. The van der Waals surface area contributed by atoms with Gasteiger partial charge in [0.05, 0.1) is 18.5 Å². The van der Waals surface area contributed by atoms with Crippen LogP contribution in [0.25, 0.3) is 0 Å². The second-order valence-electron chi connectivity index (χ2n) is 4.89. The van der Waals surface area contributed by atoms with Gasteiger partial charge in [-0.15, -0.1) is 0 Å². The third-order valence-electron chi connectivity index (χ3n) is 3.15. The van der Waals surface area contributed by atoms with E-state index in [1.54, 1.807) is 0 Å². The minimum Gasteiger partial charge on any atom is -0.478 e. The zero-order chi connectivity index (χ0) is 14.2. The van der Waals surface area contributed by atoms with Gasteiger partial charge in [-0.25, -0.2) is 4.98 Å². The highest BCUT2D eigenvalue weighted by atomic mass is 16.5. The summed E-state index contributed by atoms with van der Waals surface area (Å²) in [5.41, 5.74) is 2.42. The summed E-state index contributed by atoms with van der Waals surface area (Å²) >= 11 is 0. The summed E-state index contributed by atoms with van der Waals surface area (Å²) in [4.78, 5) is 4.26. The molecular weight excluding hydrogens is 248 g/mol. The van der Waals surface area contributed by atoms with Gasteiger partial charge in [-0.3, -0.25) is 0 Å². The fourth-order valence-corrected chi connectivity index (χ4v) is 2.08. The molecule has 1 atom stereocenters. The van der Waals surface area contributed by atoms with E-state index in [9.17, 15) is 0 Å². The van der Waals surface area contributed by atoms with Gasteiger partial charge in [0.1, 0.15) is 0 Å². The van der Waals surface area contributed by atoms with Gasteiger partial charge in [0.15, 0.2) is 0 Å². The lowest BCUT2D eigenvalue weighted by atomic mass is 10.1. The van der Waals surface area contributed by atoms with Crippen LogP contribution in [0, 0.1) is 0 Å². The molecule has 0 fully saturated rings. The number of hydrogen-bond donors (Lipinski definition) is 1. The van der Waals surface area contributed by atoms with Crippen molar-refractivity contribution in [1.82, 2.24) is 4.98 Å². The maximum Gasteiger partial charge on any atom is 0.213 e. The average molecular weight is 270 g/mol. The van der Waals surface area contributed by atoms with Gasteiger partial charge in [0.25, 0.3) is 0 Å². The van der Waals surface area contributed by atoms with Gasteiger partial charge in [0, 0.05) is 12.1 Å². The molecule has 0 aliphatic rings. The van der Waals surface area contributed by atoms with E-state index in [-0.39, 0.29) is 0 Å². The van der Waals surface area contributed by atoms with Crippen LogP contribution in [-0.4, -0.2) is 17.6 Å². The zero-order valence-corrected chi connectivity index (χ0v) is 12.2. The van der Waals surface area contributed by atoms with E-state index in [4.69, 9.17) is 4.74 Å². The number of rotatable bonds is 7. The first kappa shape index (κ1) is 14.4. The summed E-state index contributed by atoms with van der Waals surface area (Å²) in [6.45, 7) is 4.80. The molecule has 106 valence electrons. The molecule has 0 amide bonds. The van der Waals surface area contributed by atoms with Gasteiger partial charge >= 0.3 is 0 Å². The fourth-order valence-electron chi connectivity index (χ4n) is 2.08. The molecule has 0 saturated carbocycles. The van der Waals surface area contributed by atoms with Crippen LogP contribution in [0.4, 0.5) is 5.69 Å². The Morgan fingerprint density at radius 1 is 1.15 bits per heavy atom. The van der Waals surface area contributed by atoms with Crippen LogP contribution in [0.5, 0.6) is 5.88 Å².